The van der Waals surface area contributed by atoms with Crippen molar-refractivity contribution in [1.82, 2.24) is 10.2 Å². The number of alkyl halides is 2. The summed E-state index contributed by atoms with van der Waals surface area (Å²) in [5.74, 6) is 0.00852. The van der Waals surface area contributed by atoms with Gasteiger partial charge in [0.05, 0.1) is 12.6 Å². The van der Waals surface area contributed by atoms with Gasteiger partial charge in [0.15, 0.2) is 0 Å². The van der Waals surface area contributed by atoms with Crippen molar-refractivity contribution >= 4 is 17.2 Å². The van der Waals surface area contributed by atoms with Gasteiger partial charge in [-0.1, -0.05) is 6.92 Å². The minimum atomic E-state index is -2.48. The van der Waals surface area contributed by atoms with Crippen LogP contribution in [0.1, 0.15) is 29.3 Å². The Morgan fingerprint density at radius 2 is 2.24 bits per heavy atom. The molecule has 21 heavy (non-hydrogen) atoms. The molecule has 2 heterocycles. The zero-order valence-electron chi connectivity index (χ0n) is 12.1. The first-order valence-electron chi connectivity index (χ1n) is 7.01. The van der Waals surface area contributed by atoms with Crippen LogP contribution in [-0.2, 0) is 9.53 Å². The van der Waals surface area contributed by atoms with E-state index in [1.54, 1.807) is 16.2 Å². The van der Waals surface area contributed by atoms with Gasteiger partial charge in [0.2, 0.25) is 5.91 Å². The van der Waals surface area contributed by atoms with Gasteiger partial charge in [-0.05, 0) is 25.5 Å². The van der Waals surface area contributed by atoms with Crippen LogP contribution in [0, 0.1) is 6.92 Å². The molecular weight excluding hydrogens is 298 g/mol. The minimum Gasteiger partial charge on any atom is -0.374 e. The number of nitrogens with one attached hydrogen (secondary N) is 1. The standard InChI is InChI=1S/C14H20F2N2O2S/c1-3-10-14(19)18(6-7-20-8-12(15)16)13(17-10)11-5-4-9(2)21-11/h4-5,10,12-13,17H,3,6-8H2,1-2H3. The van der Waals surface area contributed by atoms with Crippen molar-refractivity contribution in [2.24, 2.45) is 0 Å². The maximum absolute atomic E-state index is 12.3. The number of aryl methyl sites for hydroxylation is 1. The summed E-state index contributed by atoms with van der Waals surface area (Å²) >= 11 is 1.63. The summed E-state index contributed by atoms with van der Waals surface area (Å²) in [6.45, 7) is 3.81. The monoisotopic (exact) mass is 318 g/mol. The maximum atomic E-state index is 12.3. The number of hydrogen-bond acceptors (Lipinski definition) is 4. The van der Waals surface area contributed by atoms with Crippen LogP contribution in [0.4, 0.5) is 8.78 Å². The minimum absolute atomic E-state index is 0.00852. The smallest absolute Gasteiger partial charge is 0.261 e. The second-order valence-electron chi connectivity index (χ2n) is 4.98. The topological polar surface area (TPSA) is 41.6 Å². The van der Waals surface area contributed by atoms with E-state index >= 15 is 0 Å². The second-order valence-corrected chi connectivity index (χ2v) is 6.30. The first-order chi connectivity index (χ1) is 10.0. The van der Waals surface area contributed by atoms with Crippen LogP contribution in [0.2, 0.25) is 0 Å². The van der Waals surface area contributed by atoms with Crippen LogP contribution < -0.4 is 5.32 Å². The van der Waals surface area contributed by atoms with Crippen molar-refractivity contribution in [2.75, 3.05) is 19.8 Å². The highest BCUT2D eigenvalue weighted by Gasteiger charge is 2.38. The van der Waals surface area contributed by atoms with Crippen LogP contribution in [0.5, 0.6) is 0 Å². The summed E-state index contributed by atoms with van der Waals surface area (Å²) in [5, 5.41) is 3.30. The molecule has 0 aromatic carbocycles. The molecule has 1 aromatic heterocycles. The number of carbonyl (C=O) groups is 1. The Kier molecular flexibility index (Phi) is 5.66. The Labute approximate surface area is 127 Å². The number of amides is 1. The Morgan fingerprint density at radius 1 is 1.48 bits per heavy atom. The molecule has 7 heteroatoms. The van der Waals surface area contributed by atoms with Crippen molar-refractivity contribution in [3.63, 3.8) is 0 Å². The summed E-state index contributed by atoms with van der Waals surface area (Å²) in [6.07, 6.45) is -1.96. The first-order valence-corrected chi connectivity index (χ1v) is 7.83. The lowest BCUT2D eigenvalue weighted by molar-refractivity contribution is -0.131. The van der Waals surface area contributed by atoms with Crippen molar-refractivity contribution in [3.8, 4) is 0 Å². The lowest BCUT2D eigenvalue weighted by atomic mass is 10.2. The average Bonchev–Trinajstić information content (AvgIpc) is 2.99. The summed E-state index contributed by atoms with van der Waals surface area (Å²) in [5.41, 5.74) is 0. The van der Waals surface area contributed by atoms with E-state index in [4.69, 9.17) is 4.74 Å². The molecule has 0 bridgehead atoms. The predicted molar refractivity (Wildman–Crippen MR) is 77.5 cm³/mol. The molecule has 0 spiro atoms. The van der Waals surface area contributed by atoms with Gasteiger partial charge in [-0.2, -0.15) is 0 Å². The van der Waals surface area contributed by atoms with E-state index in [0.29, 0.717) is 13.0 Å². The van der Waals surface area contributed by atoms with Crippen LogP contribution in [-0.4, -0.2) is 43.0 Å². The van der Waals surface area contributed by atoms with Crippen LogP contribution in [0.3, 0.4) is 0 Å². The van der Waals surface area contributed by atoms with E-state index in [9.17, 15) is 13.6 Å². The quantitative estimate of drug-likeness (QED) is 0.786. The first kappa shape index (κ1) is 16.3. The van der Waals surface area contributed by atoms with E-state index in [1.165, 1.54) is 4.88 Å². The van der Waals surface area contributed by atoms with Crippen LogP contribution >= 0.6 is 11.3 Å². The molecule has 1 N–H and O–H groups in total. The molecule has 1 aromatic rings. The van der Waals surface area contributed by atoms with Gasteiger partial charge in [-0.25, -0.2) is 8.78 Å². The normalized spacial score (nSPS) is 22.5. The summed E-state index contributed by atoms with van der Waals surface area (Å²) in [7, 11) is 0. The van der Waals surface area contributed by atoms with Gasteiger partial charge >= 0.3 is 0 Å². The Hall–Kier alpha value is -1.05. The largest absolute Gasteiger partial charge is 0.374 e. The van der Waals surface area contributed by atoms with Gasteiger partial charge in [0.1, 0.15) is 12.8 Å². The molecule has 1 fully saturated rings. The third kappa shape index (κ3) is 3.99. The predicted octanol–water partition coefficient (Wildman–Crippen LogP) is 2.55. The molecule has 0 aliphatic carbocycles. The molecule has 2 unspecified atom stereocenters. The average molecular weight is 318 g/mol. The molecular formula is C14H20F2N2O2S. The summed E-state index contributed by atoms with van der Waals surface area (Å²) in [4.78, 5) is 16.2. The molecule has 1 amide bonds. The fourth-order valence-electron chi connectivity index (χ4n) is 2.38. The second kappa shape index (κ2) is 7.29. The molecule has 2 rings (SSSR count). The fraction of sp³-hybridized carbons (Fsp3) is 0.643. The van der Waals surface area contributed by atoms with Crippen molar-refractivity contribution in [2.45, 2.75) is 38.9 Å². The van der Waals surface area contributed by atoms with Crippen LogP contribution in [0.15, 0.2) is 12.1 Å². The van der Waals surface area contributed by atoms with Crippen molar-refractivity contribution < 1.29 is 18.3 Å². The summed E-state index contributed by atoms with van der Waals surface area (Å²) < 4.78 is 29.0. The lowest BCUT2D eigenvalue weighted by Crippen LogP contribution is -2.34. The van der Waals surface area contributed by atoms with E-state index in [0.717, 1.165) is 4.88 Å². The third-order valence-corrected chi connectivity index (χ3v) is 4.46. The highest BCUT2D eigenvalue weighted by molar-refractivity contribution is 7.12. The molecule has 2 atom stereocenters. The van der Waals surface area contributed by atoms with Gasteiger partial charge in [0, 0.05) is 16.3 Å². The molecule has 1 aliphatic rings. The van der Waals surface area contributed by atoms with E-state index in [1.807, 2.05) is 26.0 Å². The van der Waals surface area contributed by atoms with Gasteiger partial charge < -0.3 is 9.64 Å². The van der Waals surface area contributed by atoms with Crippen molar-refractivity contribution in [3.05, 3.63) is 21.9 Å². The molecule has 1 aliphatic heterocycles. The molecule has 0 radical (unpaired) electrons. The van der Waals surface area contributed by atoms with E-state index in [-0.39, 0.29) is 24.7 Å². The number of halogens is 2. The SMILES string of the molecule is CCC1NC(c2ccc(C)s2)N(CCOCC(F)F)C1=O. The van der Waals surface area contributed by atoms with Gasteiger partial charge in [0.25, 0.3) is 6.43 Å². The Morgan fingerprint density at radius 3 is 2.81 bits per heavy atom. The Balaban J connectivity index is 2.01. The van der Waals surface area contributed by atoms with E-state index in [2.05, 4.69) is 5.32 Å². The number of rotatable bonds is 7. The molecule has 118 valence electrons. The third-order valence-electron chi connectivity index (χ3n) is 3.41. The molecule has 4 nitrogen and oxygen atoms in total. The summed E-state index contributed by atoms with van der Waals surface area (Å²) in [6, 6.07) is 3.79. The van der Waals surface area contributed by atoms with Crippen LogP contribution in [0.25, 0.3) is 0 Å². The van der Waals surface area contributed by atoms with Gasteiger partial charge in [-0.3, -0.25) is 10.1 Å². The van der Waals surface area contributed by atoms with E-state index < -0.39 is 13.0 Å². The molecule has 1 saturated heterocycles. The number of carbonyl (C=O) groups excluding carboxylic acids is 1. The lowest BCUT2D eigenvalue weighted by Gasteiger charge is -2.23. The molecule has 0 saturated carbocycles. The van der Waals surface area contributed by atoms with Crippen molar-refractivity contribution in [1.29, 1.82) is 0 Å². The fourth-order valence-corrected chi connectivity index (χ4v) is 3.33. The number of hydrogen-bond donors (Lipinski definition) is 1. The Bertz CT molecular complexity index is 481. The highest BCUT2D eigenvalue weighted by Crippen LogP contribution is 2.30. The number of ether oxygens (including phenoxy) is 1. The zero-order chi connectivity index (χ0) is 15.4. The zero-order valence-corrected chi connectivity index (χ0v) is 13.0. The van der Waals surface area contributed by atoms with Gasteiger partial charge in [-0.15, -0.1) is 11.3 Å². The number of thiophene rings is 1. The highest BCUT2D eigenvalue weighted by atomic mass is 32.1. The number of nitrogens with zero attached hydrogens (tertiary/aromatic N) is 1. The maximum Gasteiger partial charge on any atom is 0.261 e.